The topological polar surface area (TPSA) is 88.4 Å². The molecule has 7 heteroatoms. The van der Waals surface area contributed by atoms with Crippen LogP contribution in [0.25, 0.3) is 0 Å². The highest BCUT2D eigenvalue weighted by molar-refractivity contribution is 7.89. The van der Waals surface area contributed by atoms with Crippen molar-refractivity contribution < 1.29 is 17.9 Å². The van der Waals surface area contributed by atoms with Gasteiger partial charge in [0.1, 0.15) is 6.04 Å². The number of aryl methyl sites for hydroxylation is 1. The van der Waals surface area contributed by atoms with Crippen LogP contribution in [0.1, 0.15) is 17.2 Å². The molecule has 0 saturated carbocycles. The van der Waals surface area contributed by atoms with Crippen LogP contribution in [-0.2, 0) is 10.0 Å². The SMILES string of the molecule is Cc1ccc(S(=O)(=O)NC(C#N)c2ccc3c(c2)OCO3)cc1. The van der Waals surface area contributed by atoms with E-state index in [2.05, 4.69) is 4.72 Å². The zero-order chi connectivity index (χ0) is 16.4. The van der Waals surface area contributed by atoms with Gasteiger partial charge < -0.3 is 9.47 Å². The van der Waals surface area contributed by atoms with Crippen molar-refractivity contribution in [1.29, 1.82) is 5.26 Å². The van der Waals surface area contributed by atoms with E-state index in [1.54, 1.807) is 30.3 Å². The van der Waals surface area contributed by atoms with Gasteiger partial charge in [0.2, 0.25) is 16.8 Å². The molecule has 2 aromatic carbocycles. The Hall–Kier alpha value is -2.56. The van der Waals surface area contributed by atoms with Gasteiger partial charge in [0.15, 0.2) is 11.5 Å². The van der Waals surface area contributed by atoms with Gasteiger partial charge in [-0.05, 0) is 36.8 Å². The van der Waals surface area contributed by atoms with Gasteiger partial charge >= 0.3 is 0 Å². The minimum absolute atomic E-state index is 0.115. The van der Waals surface area contributed by atoms with E-state index in [9.17, 15) is 13.7 Å². The van der Waals surface area contributed by atoms with Crippen LogP contribution in [0.3, 0.4) is 0 Å². The molecule has 0 spiro atoms. The van der Waals surface area contributed by atoms with Gasteiger partial charge in [0.25, 0.3) is 0 Å². The quantitative estimate of drug-likeness (QED) is 0.929. The number of nitrogens with zero attached hydrogens (tertiary/aromatic N) is 1. The monoisotopic (exact) mass is 330 g/mol. The van der Waals surface area contributed by atoms with Crippen LogP contribution in [0.5, 0.6) is 11.5 Å². The molecule has 1 N–H and O–H groups in total. The first-order chi connectivity index (χ1) is 11.0. The third kappa shape index (κ3) is 3.13. The zero-order valence-electron chi connectivity index (χ0n) is 12.3. The largest absolute Gasteiger partial charge is 0.454 e. The first kappa shape index (κ1) is 15.3. The Morgan fingerprint density at radius 2 is 1.83 bits per heavy atom. The number of rotatable bonds is 4. The summed E-state index contributed by atoms with van der Waals surface area (Å²) in [5, 5.41) is 9.33. The smallest absolute Gasteiger partial charge is 0.241 e. The summed E-state index contributed by atoms with van der Waals surface area (Å²) in [5.41, 5.74) is 1.45. The van der Waals surface area contributed by atoms with E-state index in [0.717, 1.165) is 5.56 Å². The summed E-state index contributed by atoms with van der Waals surface area (Å²) >= 11 is 0. The molecular formula is C16H14N2O4S. The van der Waals surface area contributed by atoms with Crippen LogP contribution in [0, 0.1) is 18.3 Å². The maximum atomic E-state index is 12.4. The predicted octanol–water partition coefficient (Wildman–Crippen LogP) is 2.27. The summed E-state index contributed by atoms with van der Waals surface area (Å²) in [6.07, 6.45) is 0. The van der Waals surface area contributed by atoms with Gasteiger partial charge in [-0.3, -0.25) is 0 Å². The lowest BCUT2D eigenvalue weighted by Crippen LogP contribution is -2.27. The van der Waals surface area contributed by atoms with Crippen LogP contribution in [0.4, 0.5) is 0 Å². The zero-order valence-corrected chi connectivity index (χ0v) is 13.1. The minimum Gasteiger partial charge on any atom is -0.454 e. The second-order valence-corrected chi connectivity index (χ2v) is 6.82. The van der Waals surface area contributed by atoms with Crippen molar-refractivity contribution in [3.63, 3.8) is 0 Å². The molecule has 6 nitrogen and oxygen atoms in total. The fraction of sp³-hybridized carbons (Fsp3) is 0.188. The van der Waals surface area contributed by atoms with E-state index in [1.165, 1.54) is 12.1 Å². The summed E-state index contributed by atoms with van der Waals surface area (Å²) in [4.78, 5) is 0.115. The number of hydrogen-bond acceptors (Lipinski definition) is 5. The van der Waals surface area contributed by atoms with Crippen molar-refractivity contribution in [2.24, 2.45) is 0 Å². The van der Waals surface area contributed by atoms with Gasteiger partial charge in [-0.2, -0.15) is 9.98 Å². The van der Waals surface area contributed by atoms with Crippen molar-refractivity contribution >= 4 is 10.0 Å². The molecule has 0 aromatic heterocycles. The summed E-state index contributed by atoms with van der Waals surface area (Å²) in [7, 11) is -3.80. The first-order valence-electron chi connectivity index (χ1n) is 6.88. The average molecular weight is 330 g/mol. The van der Waals surface area contributed by atoms with Crippen LogP contribution < -0.4 is 14.2 Å². The van der Waals surface area contributed by atoms with E-state index in [4.69, 9.17) is 9.47 Å². The van der Waals surface area contributed by atoms with E-state index in [1.807, 2.05) is 13.0 Å². The summed E-state index contributed by atoms with van der Waals surface area (Å²) in [6.45, 7) is 1.99. The third-order valence-electron chi connectivity index (χ3n) is 3.46. The first-order valence-corrected chi connectivity index (χ1v) is 8.36. The van der Waals surface area contributed by atoms with Crippen LogP contribution >= 0.6 is 0 Å². The highest BCUT2D eigenvalue weighted by Gasteiger charge is 2.23. The number of fused-ring (bicyclic) bond motifs is 1. The van der Waals surface area contributed by atoms with Crippen molar-refractivity contribution in [1.82, 2.24) is 4.72 Å². The summed E-state index contributed by atoms with van der Waals surface area (Å²) < 4.78 is 37.7. The predicted molar refractivity (Wildman–Crippen MR) is 82.4 cm³/mol. The molecule has 1 aliphatic heterocycles. The second kappa shape index (κ2) is 5.91. The van der Waals surface area contributed by atoms with Crippen LogP contribution in [-0.4, -0.2) is 15.2 Å². The Morgan fingerprint density at radius 3 is 2.52 bits per heavy atom. The van der Waals surface area contributed by atoms with Crippen molar-refractivity contribution in [2.45, 2.75) is 17.9 Å². The van der Waals surface area contributed by atoms with E-state index >= 15 is 0 Å². The van der Waals surface area contributed by atoms with Gasteiger partial charge in [0, 0.05) is 0 Å². The molecule has 0 bridgehead atoms. The maximum absolute atomic E-state index is 12.4. The van der Waals surface area contributed by atoms with Crippen LogP contribution in [0.2, 0.25) is 0 Å². The lowest BCUT2D eigenvalue weighted by molar-refractivity contribution is 0.174. The van der Waals surface area contributed by atoms with Crippen molar-refractivity contribution in [3.8, 4) is 17.6 Å². The molecule has 118 valence electrons. The Labute approximate surface area is 134 Å². The van der Waals surface area contributed by atoms with Crippen molar-refractivity contribution in [3.05, 3.63) is 53.6 Å². The lowest BCUT2D eigenvalue weighted by Gasteiger charge is -2.13. The Balaban J connectivity index is 1.87. The summed E-state index contributed by atoms with van der Waals surface area (Å²) in [6, 6.07) is 12.3. The van der Waals surface area contributed by atoms with Crippen molar-refractivity contribution in [2.75, 3.05) is 6.79 Å². The highest BCUT2D eigenvalue weighted by Crippen LogP contribution is 2.34. The van der Waals surface area contributed by atoms with Gasteiger partial charge in [-0.25, -0.2) is 8.42 Å². The third-order valence-corrected chi connectivity index (χ3v) is 4.90. The molecule has 1 atom stereocenters. The molecule has 3 rings (SSSR count). The fourth-order valence-electron chi connectivity index (χ4n) is 2.20. The molecule has 0 aliphatic carbocycles. The number of hydrogen-bond donors (Lipinski definition) is 1. The number of benzene rings is 2. The Morgan fingerprint density at radius 1 is 1.13 bits per heavy atom. The molecule has 0 amide bonds. The summed E-state index contributed by atoms with van der Waals surface area (Å²) in [5.74, 6) is 1.07. The number of nitriles is 1. The molecule has 0 radical (unpaired) electrons. The molecule has 23 heavy (non-hydrogen) atoms. The lowest BCUT2D eigenvalue weighted by atomic mass is 10.1. The van der Waals surface area contributed by atoms with Gasteiger partial charge in [0.05, 0.1) is 11.0 Å². The number of ether oxygens (including phenoxy) is 2. The van der Waals surface area contributed by atoms with Gasteiger partial charge in [-0.15, -0.1) is 0 Å². The molecule has 2 aromatic rings. The molecular weight excluding hydrogens is 316 g/mol. The normalized spacial score (nSPS) is 14.3. The van der Waals surface area contributed by atoms with E-state index in [0.29, 0.717) is 17.1 Å². The fourth-order valence-corrected chi connectivity index (χ4v) is 3.33. The Kier molecular flexibility index (Phi) is 3.94. The number of sulfonamides is 1. The van der Waals surface area contributed by atoms with Gasteiger partial charge in [-0.1, -0.05) is 23.8 Å². The molecule has 1 aliphatic rings. The molecule has 1 heterocycles. The second-order valence-electron chi connectivity index (χ2n) is 5.11. The molecule has 0 fully saturated rings. The highest BCUT2D eigenvalue weighted by atomic mass is 32.2. The van der Waals surface area contributed by atoms with E-state index < -0.39 is 16.1 Å². The number of nitrogens with one attached hydrogen (secondary N) is 1. The average Bonchev–Trinajstić information content (AvgIpc) is 3.00. The molecule has 0 saturated heterocycles. The van der Waals surface area contributed by atoms with Crippen LogP contribution in [0.15, 0.2) is 47.4 Å². The minimum atomic E-state index is -3.80. The molecule has 1 unspecified atom stereocenters. The maximum Gasteiger partial charge on any atom is 0.241 e. The van der Waals surface area contributed by atoms with E-state index in [-0.39, 0.29) is 11.7 Å². The standard InChI is InChI=1S/C16H14N2O4S/c1-11-2-5-13(6-3-11)23(19,20)18-14(9-17)12-4-7-15-16(8-12)22-10-21-15/h2-8,14,18H,10H2,1H3. The Bertz CT molecular complexity index is 870.